The lowest BCUT2D eigenvalue weighted by molar-refractivity contribution is 0.0655. The largest absolute Gasteiger partial charge is 0.475 e. The minimum absolute atomic E-state index is 0.0569. The van der Waals surface area contributed by atoms with Crippen molar-refractivity contribution in [2.75, 3.05) is 6.54 Å². The molecule has 2 N–H and O–H groups in total. The van der Waals surface area contributed by atoms with Crippen LogP contribution in [-0.4, -0.2) is 23.5 Å². The Balaban J connectivity index is 1.92. The van der Waals surface area contributed by atoms with Crippen molar-refractivity contribution in [3.8, 4) is 0 Å². The van der Waals surface area contributed by atoms with Crippen molar-refractivity contribution in [2.24, 2.45) is 11.3 Å². The number of amides is 1. The van der Waals surface area contributed by atoms with Gasteiger partial charge in [0.25, 0.3) is 5.91 Å². The average molecular weight is 279 g/mol. The number of carboxylic acids is 1. The summed E-state index contributed by atoms with van der Waals surface area (Å²) in [5.41, 5.74) is 0.214. The van der Waals surface area contributed by atoms with E-state index in [9.17, 15) is 9.59 Å². The fourth-order valence-electron chi connectivity index (χ4n) is 2.93. The van der Waals surface area contributed by atoms with Crippen LogP contribution in [0.25, 0.3) is 0 Å². The van der Waals surface area contributed by atoms with Gasteiger partial charge < -0.3 is 14.8 Å². The van der Waals surface area contributed by atoms with Gasteiger partial charge in [-0.1, -0.05) is 20.3 Å². The van der Waals surface area contributed by atoms with Gasteiger partial charge in [0, 0.05) is 6.54 Å². The van der Waals surface area contributed by atoms with Crippen LogP contribution in [0.15, 0.2) is 16.5 Å². The van der Waals surface area contributed by atoms with Gasteiger partial charge in [0.15, 0.2) is 5.76 Å². The topological polar surface area (TPSA) is 79.5 Å². The summed E-state index contributed by atoms with van der Waals surface area (Å²) in [6.45, 7) is 5.01. The molecule has 1 aromatic heterocycles. The van der Waals surface area contributed by atoms with E-state index < -0.39 is 5.97 Å². The fourth-order valence-corrected chi connectivity index (χ4v) is 2.93. The van der Waals surface area contributed by atoms with Gasteiger partial charge in [0.1, 0.15) is 0 Å². The molecule has 5 heteroatoms. The summed E-state index contributed by atoms with van der Waals surface area (Å²) in [6, 6.07) is 2.69. The summed E-state index contributed by atoms with van der Waals surface area (Å²) in [5.74, 6) is -1.06. The van der Waals surface area contributed by atoms with Gasteiger partial charge in [-0.3, -0.25) is 4.79 Å². The van der Waals surface area contributed by atoms with Crippen LogP contribution in [0.3, 0.4) is 0 Å². The maximum Gasteiger partial charge on any atom is 0.371 e. The molecule has 1 aliphatic carbocycles. The molecule has 0 unspecified atom stereocenters. The van der Waals surface area contributed by atoms with E-state index >= 15 is 0 Å². The summed E-state index contributed by atoms with van der Waals surface area (Å²) in [7, 11) is 0. The lowest BCUT2D eigenvalue weighted by Gasteiger charge is -2.43. The zero-order valence-corrected chi connectivity index (χ0v) is 11.9. The summed E-state index contributed by atoms with van der Waals surface area (Å²) < 4.78 is 4.99. The zero-order chi connectivity index (χ0) is 14.8. The summed E-state index contributed by atoms with van der Waals surface area (Å²) >= 11 is 0. The molecule has 1 aromatic rings. The predicted molar refractivity (Wildman–Crippen MR) is 73.7 cm³/mol. The van der Waals surface area contributed by atoms with E-state index in [2.05, 4.69) is 19.2 Å². The van der Waals surface area contributed by atoms with Gasteiger partial charge in [-0.25, -0.2) is 4.79 Å². The number of aromatic carboxylic acids is 1. The number of nitrogens with one attached hydrogen (secondary N) is 1. The highest BCUT2D eigenvalue weighted by Gasteiger charge is 2.37. The Morgan fingerprint density at radius 1 is 1.35 bits per heavy atom. The lowest BCUT2D eigenvalue weighted by Crippen LogP contribution is -2.42. The quantitative estimate of drug-likeness (QED) is 0.839. The van der Waals surface area contributed by atoms with E-state index in [1.54, 1.807) is 0 Å². The standard InChI is InChI=1S/C15H21NO4/c1-10(2)8-15(6-3-7-15)9-16-13(17)11-4-5-12(20-11)14(18)19/h4-5,10H,3,6-9H2,1-2H3,(H,16,17)(H,18,19). The molecule has 1 fully saturated rings. The van der Waals surface area contributed by atoms with Crippen molar-refractivity contribution in [2.45, 2.75) is 39.5 Å². The molecule has 1 amide bonds. The van der Waals surface area contributed by atoms with Gasteiger partial charge in [0.05, 0.1) is 0 Å². The predicted octanol–water partition coefficient (Wildman–Crippen LogP) is 2.92. The van der Waals surface area contributed by atoms with E-state index in [1.165, 1.54) is 18.6 Å². The molecule has 0 spiro atoms. The van der Waals surface area contributed by atoms with Crippen LogP contribution < -0.4 is 5.32 Å². The molecule has 110 valence electrons. The molecule has 0 aromatic carbocycles. The molecule has 1 saturated carbocycles. The summed E-state index contributed by atoms with van der Waals surface area (Å²) in [6.07, 6.45) is 4.60. The maximum absolute atomic E-state index is 12.0. The first-order valence-electron chi connectivity index (χ1n) is 7.03. The van der Waals surface area contributed by atoms with Crippen LogP contribution in [0.2, 0.25) is 0 Å². The van der Waals surface area contributed by atoms with Crippen LogP contribution in [0, 0.1) is 11.3 Å². The van der Waals surface area contributed by atoms with Crippen molar-refractivity contribution in [1.29, 1.82) is 0 Å². The molecule has 0 radical (unpaired) electrons. The molecular weight excluding hydrogens is 258 g/mol. The normalized spacial score (nSPS) is 16.8. The monoisotopic (exact) mass is 279 g/mol. The Morgan fingerprint density at radius 3 is 2.45 bits per heavy atom. The van der Waals surface area contributed by atoms with Crippen molar-refractivity contribution >= 4 is 11.9 Å². The van der Waals surface area contributed by atoms with E-state index in [1.807, 2.05) is 0 Å². The highest BCUT2D eigenvalue weighted by atomic mass is 16.4. The number of furan rings is 1. The molecule has 2 rings (SSSR count). The molecule has 5 nitrogen and oxygen atoms in total. The van der Waals surface area contributed by atoms with Gasteiger partial charge in [0.2, 0.25) is 5.76 Å². The lowest BCUT2D eigenvalue weighted by atomic mass is 9.64. The van der Waals surface area contributed by atoms with E-state index in [-0.39, 0.29) is 22.8 Å². The molecule has 0 saturated heterocycles. The second kappa shape index (κ2) is 5.69. The number of carbonyl (C=O) groups excluding carboxylic acids is 1. The number of carboxylic acid groups (broad SMARTS) is 1. The van der Waals surface area contributed by atoms with Gasteiger partial charge in [-0.2, -0.15) is 0 Å². The third-order valence-corrected chi connectivity index (χ3v) is 3.92. The zero-order valence-electron chi connectivity index (χ0n) is 11.9. The summed E-state index contributed by atoms with van der Waals surface area (Å²) in [5, 5.41) is 11.6. The van der Waals surface area contributed by atoms with Crippen molar-refractivity contribution < 1.29 is 19.1 Å². The number of hydrogen-bond donors (Lipinski definition) is 2. The number of hydrogen-bond acceptors (Lipinski definition) is 3. The van der Waals surface area contributed by atoms with Crippen LogP contribution in [0.5, 0.6) is 0 Å². The van der Waals surface area contributed by atoms with Crippen LogP contribution in [0.1, 0.15) is 60.6 Å². The minimum atomic E-state index is -1.17. The minimum Gasteiger partial charge on any atom is -0.475 e. The Hall–Kier alpha value is -1.78. The Bertz CT molecular complexity index is 500. The van der Waals surface area contributed by atoms with Crippen LogP contribution in [-0.2, 0) is 0 Å². The summed E-state index contributed by atoms with van der Waals surface area (Å²) in [4.78, 5) is 22.7. The Labute approximate surface area is 118 Å². The smallest absolute Gasteiger partial charge is 0.371 e. The van der Waals surface area contributed by atoms with Crippen molar-refractivity contribution in [1.82, 2.24) is 5.32 Å². The van der Waals surface area contributed by atoms with Crippen molar-refractivity contribution in [3.05, 3.63) is 23.7 Å². The first kappa shape index (κ1) is 14.6. The molecular formula is C15H21NO4. The highest BCUT2D eigenvalue weighted by molar-refractivity contribution is 5.93. The number of carbonyl (C=O) groups is 2. The molecule has 0 aliphatic heterocycles. The fraction of sp³-hybridized carbons (Fsp3) is 0.600. The first-order chi connectivity index (χ1) is 9.42. The third kappa shape index (κ3) is 3.21. The second-order valence-corrected chi connectivity index (χ2v) is 6.10. The van der Waals surface area contributed by atoms with E-state index in [0.29, 0.717) is 12.5 Å². The Kier molecular flexibility index (Phi) is 4.16. The second-order valence-electron chi connectivity index (χ2n) is 6.10. The highest BCUT2D eigenvalue weighted by Crippen LogP contribution is 2.45. The van der Waals surface area contributed by atoms with Crippen LogP contribution in [0.4, 0.5) is 0 Å². The number of rotatable bonds is 6. The van der Waals surface area contributed by atoms with Crippen molar-refractivity contribution in [3.63, 3.8) is 0 Å². The first-order valence-corrected chi connectivity index (χ1v) is 7.03. The molecule has 1 aliphatic rings. The maximum atomic E-state index is 12.0. The van der Waals surface area contributed by atoms with Gasteiger partial charge >= 0.3 is 5.97 Å². The van der Waals surface area contributed by atoms with Gasteiger partial charge in [-0.15, -0.1) is 0 Å². The molecule has 0 atom stereocenters. The molecule has 20 heavy (non-hydrogen) atoms. The third-order valence-electron chi connectivity index (χ3n) is 3.92. The molecule has 0 bridgehead atoms. The van der Waals surface area contributed by atoms with Crippen LogP contribution >= 0.6 is 0 Å². The Morgan fingerprint density at radius 2 is 2.00 bits per heavy atom. The van der Waals surface area contributed by atoms with E-state index in [4.69, 9.17) is 9.52 Å². The average Bonchev–Trinajstić information content (AvgIpc) is 2.81. The molecule has 1 heterocycles. The van der Waals surface area contributed by atoms with E-state index in [0.717, 1.165) is 19.3 Å². The van der Waals surface area contributed by atoms with Gasteiger partial charge in [-0.05, 0) is 42.7 Å². The SMILES string of the molecule is CC(C)CC1(CNC(=O)c2ccc(C(=O)O)o2)CCC1.